The second-order valence-corrected chi connectivity index (χ2v) is 7.13. The summed E-state index contributed by atoms with van der Waals surface area (Å²) in [6.07, 6.45) is 0.554. The molecule has 0 heterocycles. The van der Waals surface area contributed by atoms with Gasteiger partial charge in [-0.05, 0) is 37.0 Å². The van der Waals surface area contributed by atoms with Crippen LogP contribution < -0.4 is 10.6 Å². The van der Waals surface area contributed by atoms with Crippen molar-refractivity contribution in [3.05, 3.63) is 35.9 Å². The van der Waals surface area contributed by atoms with E-state index in [0.717, 1.165) is 5.56 Å². The minimum absolute atomic E-state index is 0.0762. The molecule has 31 heavy (non-hydrogen) atoms. The molecule has 0 aliphatic rings. The molecule has 1 aromatic rings. The van der Waals surface area contributed by atoms with Gasteiger partial charge in [-0.25, -0.2) is 9.59 Å². The van der Waals surface area contributed by atoms with Crippen molar-refractivity contribution < 1.29 is 33.3 Å². The van der Waals surface area contributed by atoms with Crippen LogP contribution in [0.3, 0.4) is 0 Å². The van der Waals surface area contributed by atoms with E-state index in [9.17, 15) is 14.4 Å². The number of esters is 1. The fourth-order valence-corrected chi connectivity index (χ4v) is 3.05. The molecule has 0 aliphatic carbocycles. The fraction of sp³-hybridized carbons (Fsp3) is 0.571. The maximum absolute atomic E-state index is 12.7. The van der Waals surface area contributed by atoms with Crippen molar-refractivity contribution in [3.63, 3.8) is 0 Å². The molecule has 0 fully saturated rings. The van der Waals surface area contributed by atoms with Gasteiger partial charge < -0.3 is 29.6 Å². The zero-order valence-corrected chi connectivity index (χ0v) is 19.1. The number of alkyl carbamates (subject to hydrolysis) is 1. The van der Waals surface area contributed by atoms with Gasteiger partial charge in [0.05, 0.1) is 7.11 Å². The van der Waals surface area contributed by atoms with Gasteiger partial charge in [0.1, 0.15) is 18.7 Å². The van der Waals surface area contributed by atoms with E-state index < -0.39 is 36.3 Å². The van der Waals surface area contributed by atoms with Crippen molar-refractivity contribution >= 4 is 30.6 Å². The summed E-state index contributed by atoms with van der Waals surface area (Å²) >= 11 is 4.14. The van der Waals surface area contributed by atoms with E-state index in [1.54, 1.807) is 0 Å². The van der Waals surface area contributed by atoms with Crippen LogP contribution in [0.25, 0.3) is 0 Å². The Morgan fingerprint density at radius 1 is 0.935 bits per heavy atom. The van der Waals surface area contributed by atoms with Gasteiger partial charge in [-0.3, -0.25) is 4.79 Å². The minimum Gasteiger partial charge on any atom is -0.467 e. The van der Waals surface area contributed by atoms with Crippen LogP contribution in [-0.2, 0) is 35.1 Å². The smallest absolute Gasteiger partial charge is 0.408 e. The summed E-state index contributed by atoms with van der Waals surface area (Å²) in [7, 11) is 4.30. The Kier molecular flexibility index (Phi) is 13.4. The highest BCUT2D eigenvalue weighted by atomic mass is 32.1. The Bertz CT molecular complexity index is 671. The topological polar surface area (TPSA) is 112 Å². The molecule has 0 spiro atoms. The van der Waals surface area contributed by atoms with Crippen molar-refractivity contribution in [2.75, 3.05) is 27.1 Å². The lowest BCUT2D eigenvalue weighted by atomic mass is 10.1. The third-order valence-electron chi connectivity index (χ3n) is 4.50. The highest BCUT2D eigenvalue weighted by Crippen LogP contribution is 2.09. The number of ether oxygens (including phenoxy) is 4. The van der Waals surface area contributed by atoms with Crippen LogP contribution in [0.2, 0.25) is 0 Å². The van der Waals surface area contributed by atoms with E-state index >= 15 is 0 Å². The van der Waals surface area contributed by atoms with Gasteiger partial charge in [-0.1, -0.05) is 30.3 Å². The summed E-state index contributed by atoms with van der Waals surface area (Å²) in [6, 6.07) is 7.41. The van der Waals surface area contributed by atoms with Gasteiger partial charge in [0, 0.05) is 14.2 Å². The number of nitrogens with one attached hydrogen (secondary N) is 2. The van der Waals surface area contributed by atoms with Gasteiger partial charge in [0.25, 0.3) is 0 Å². The quantitative estimate of drug-likeness (QED) is 0.223. The first-order chi connectivity index (χ1) is 14.9. The lowest BCUT2D eigenvalue weighted by Crippen LogP contribution is -2.52. The van der Waals surface area contributed by atoms with Gasteiger partial charge in [0.15, 0.2) is 6.29 Å². The fourth-order valence-electron chi connectivity index (χ4n) is 2.79. The summed E-state index contributed by atoms with van der Waals surface area (Å²) in [5, 5.41) is 5.17. The van der Waals surface area contributed by atoms with Crippen LogP contribution in [0.15, 0.2) is 30.3 Å². The first-order valence-electron chi connectivity index (χ1n) is 9.97. The number of rotatable bonds is 14. The maximum atomic E-state index is 12.7. The number of methoxy groups -OCH3 is 3. The average molecular weight is 457 g/mol. The minimum atomic E-state index is -0.904. The van der Waals surface area contributed by atoms with Crippen molar-refractivity contribution in [2.45, 2.75) is 50.7 Å². The Labute approximate surface area is 188 Å². The molecule has 1 aromatic carbocycles. The van der Waals surface area contributed by atoms with E-state index in [4.69, 9.17) is 18.9 Å². The van der Waals surface area contributed by atoms with Crippen molar-refractivity contribution in [2.24, 2.45) is 0 Å². The monoisotopic (exact) mass is 456 g/mol. The summed E-state index contributed by atoms with van der Waals surface area (Å²) < 4.78 is 20.2. The van der Waals surface area contributed by atoms with E-state index in [-0.39, 0.29) is 13.0 Å². The molecule has 0 aromatic heterocycles. The lowest BCUT2D eigenvalue weighted by molar-refractivity contribution is -0.145. The number of hydrogen-bond donors (Lipinski definition) is 3. The summed E-state index contributed by atoms with van der Waals surface area (Å²) in [4.78, 5) is 36.9. The van der Waals surface area contributed by atoms with Gasteiger partial charge >= 0.3 is 12.1 Å². The first kappa shape index (κ1) is 26.7. The van der Waals surface area contributed by atoms with Crippen molar-refractivity contribution in [3.8, 4) is 0 Å². The average Bonchev–Trinajstić information content (AvgIpc) is 2.79. The Balaban J connectivity index is 2.63. The number of amides is 2. The van der Waals surface area contributed by atoms with E-state index in [2.05, 4.69) is 23.3 Å². The molecule has 2 N–H and O–H groups in total. The summed E-state index contributed by atoms with van der Waals surface area (Å²) in [5.41, 5.74) is 0.823. The Hall–Kier alpha value is -2.30. The molecule has 0 saturated heterocycles. The number of benzene rings is 1. The van der Waals surface area contributed by atoms with Crippen LogP contribution in [-0.4, -0.2) is 63.4 Å². The van der Waals surface area contributed by atoms with Crippen LogP contribution in [0.5, 0.6) is 0 Å². The molecule has 0 aliphatic heterocycles. The molecule has 2 amide bonds. The zero-order valence-electron chi connectivity index (χ0n) is 18.2. The Morgan fingerprint density at radius 2 is 1.61 bits per heavy atom. The van der Waals surface area contributed by atoms with Gasteiger partial charge in [0.2, 0.25) is 5.91 Å². The zero-order chi connectivity index (χ0) is 23.1. The predicted molar refractivity (Wildman–Crippen MR) is 118 cm³/mol. The lowest BCUT2D eigenvalue weighted by Gasteiger charge is -2.22. The van der Waals surface area contributed by atoms with Gasteiger partial charge in [-0.2, -0.15) is 12.6 Å². The molecular weight excluding hydrogens is 424 g/mol. The highest BCUT2D eigenvalue weighted by molar-refractivity contribution is 7.80. The third-order valence-corrected chi connectivity index (χ3v) is 4.76. The van der Waals surface area contributed by atoms with Gasteiger partial charge in [-0.15, -0.1) is 0 Å². The molecule has 9 nitrogen and oxygen atoms in total. The largest absolute Gasteiger partial charge is 0.467 e. The van der Waals surface area contributed by atoms with E-state index in [1.807, 2.05) is 30.3 Å². The number of thiol groups is 1. The van der Waals surface area contributed by atoms with Crippen LogP contribution in [0, 0.1) is 0 Å². The summed E-state index contributed by atoms with van der Waals surface area (Å²) in [5.74, 6) is -0.740. The van der Waals surface area contributed by atoms with Crippen LogP contribution in [0.4, 0.5) is 4.79 Å². The van der Waals surface area contributed by atoms with E-state index in [0.29, 0.717) is 25.0 Å². The predicted octanol–water partition coefficient (Wildman–Crippen LogP) is 2.05. The molecule has 10 heteroatoms. The van der Waals surface area contributed by atoms with Crippen LogP contribution >= 0.6 is 12.6 Å². The molecule has 174 valence electrons. The SMILES string of the molecule is COC(=O)[C@H](CCCC(OC)OC)NC(=O)[C@H](CCS)NC(=O)OCc1ccccc1. The molecule has 0 radical (unpaired) electrons. The normalized spacial score (nSPS) is 12.7. The van der Waals surface area contributed by atoms with E-state index in [1.165, 1.54) is 21.3 Å². The Morgan fingerprint density at radius 3 is 2.19 bits per heavy atom. The van der Waals surface area contributed by atoms with Crippen molar-refractivity contribution in [1.82, 2.24) is 10.6 Å². The van der Waals surface area contributed by atoms with Crippen LogP contribution in [0.1, 0.15) is 31.2 Å². The highest BCUT2D eigenvalue weighted by Gasteiger charge is 2.27. The molecule has 2 atom stereocenters. The standard InChI is InChI=1S/C21H32N2O7S/c1-27-18(28-2)11-7-10-17(20(25)29-3)22-19(24)16(12-13-31)23-21(26)30-14-15-8-5-4-6-9-15/h4-6,8-9,16-18,31H,7,10-14H2,1-3H3,(H,22,24)(H,23,26)/t16-,17-/m0/s1. The summed E-state index contributed by atoms with van der Waals surface area (Å²) in [6.45, 7) is 0.0762. The number of hydrogen-bond acceptors (Lipinski definition) is 8. The van der Waals surface area contributed by atoms with Crippen molar-refractivity contribution in [1.29, 1.82) is 0 Å². The first-order valence-corrected chi connectivity index (χ1v) is 10.6. The third kappa shape index (κ3) is 10.5. The number of carbonyl (C=O) groups excluding carboxylic acids is 3. The number of carbonyl (C=O) groups is 3. The molecule has 0 bridgehead atoms. The molecule has 0 saturated carbocycles. The second-order valence-electron chi connectivity index (χ2n) is 6.69. The molecule has 1 rings (SSSR count). The molecule has 0 unspecified atom stereocenters. The molecular formula is C21H32N2O7S. The second kappa shape index (κ2) is 15.5. The maximum Gasteiger partial charge on any atom is 0.408 e.